The van der Waals surface area contributed by atoms with Gasteiger partial charge in [0.25, 0.3) is 0 Å². The lowest BCUT2D eigenvalue weighted by Crippen LogP contribution is -2.52. The Morgan fingerprint density at radius 1 is 1.44 bits per heavy atom. The Morgan fingerprint density at radius 3 is 2.75 bits per heavy atom. The number of amides is 1. The Hall–Kier alpha value is -0.610. The molecule has 2 rings (SSSR count). The van der Waals surface area contributed by atoms with Gasteiger partial charge in [-0.2, -0.15) is 0 Å². The van der Waals surface area contributed by atoms with Crippen LogP contribution in [0.25, 0.3) is 0 Å². The van der Waals surface area contributed by atoms with Crippen LogP contribution >= 0.6 is 0 Å². The number of rotatable bonds is 3. The van der Waals surface area contributed by atoms with Crippen molar-refractivity contribution in [2.45, 2.75) is 26.2 Å². The summed E-state index contributed by atoms with van der Waals surface area (Å²) in [5.74, 6) is 0.327. The van der Waals surface area contributed by atoms with Crippen molar-refractivity contribution in [3.05, 3.63) is 0 Å². The maximum atomic E-state index is 12.5. The molecule has 1 amide bonds. The van der Waals surface area contributed by atoms with E-state index in [1.54, 1.807) is 0 Å². The Labute approximate surface area is 97.3 Å². The molecule has 4 heteroatoms. The molecule has 0 bridgehead atoms. The molecule has 0 aromatic rings. The summed E-state index contributed by atoms with van der Waals surface area (Å²) in [6.45, 7) is 7.07. The minimum Gasteiger partial charge on any atom is -0.380 e. The predicted octanol–water partition coefficient (Wildman–Crippen LogP) is 0.625. The zero-order valence-electron chi connectivity index (χ0n) is 10.1. The average Bonchev–Trinajstić information content (AvgIpc) is 2.80. The van der Waals surface area contributed by atoms with Crippen LogP contribution < -0.4 is 5.32 Å². The van der Waals surface area contributed by atoms with Gasteiger partial charge in [0, 0.05) is 32.8 Å². The molecule has 1 atom stereocenters. The normalized spacial score (nSPS) is 30.7. The zero-order valence-corrected chi connectivity index (χ0v) is 10.1. The highest BCUT2D eigenvalue weighted by Gasteiger charge is 2.43. The van der Waals surface area contributed by atoms with Crippen molar-refractivity contribution in [3.8, 4) is 0 Å². The average molecular weight is 226 g/mol. The summed E-state index contributed by atoms with van der Waals surface area (Å²) in [7, 11) is 0. The van der Waals surface area contributed by atoms with E-state index in [4.69, 9.17) is 4.74 Å². The molecule has 0 saturated carbocycles. The SMILES string of the molecule is CCCC1(C(=O)N2CCNCC2)CCOC1. The smallest absolute Gasteiger partial charge is 0.231 e. The number of ether oxygens (including phenoxy) is 1. The molecule has 0 aromatic carbocycles. The predicted molar refractivity (Wildman–Crippen MR) is 62.2 cm³/mol. The quantitative estimate of drug-likeness (QED) is 0.767. The summed E-state index contributed by atoms with van der Waals surface area (Å²) in [6, 6.07) is 0. The molecule has 0 spiro atoms. The fraction of sp³-hybridized carbons (Fsp3) is 0.917. The molecule has 2 heterocycles. The van der Waals surface area contributed by atoms with Gasteiger partial charge in [0.2, 0.25) is 5.91 Å². The number of nitrogens with zero attached hydrogens (tertiary/aromatic N) is 1. The van der Waals surface area contributed by atoms with E-state index in [1.165, 1.54) is 0 Å². The number of hydrogen-bond donors (Lipinski definition) is 1. The van der Waals surface area contributed by atoms with E-state index in [0.29, 0.717) is 12.5 Å². The summed E-state index contributed by atoms with van der Waals surface area (Å²) in [6.07, 6.45) is 2.93. The molecule has 2 aliphatic rings. The van der Waals surface area contributed by atoms with Crippen LogP contribution in [0.4, 0.5) is 0 Å². The summed E-state index contributed by atoms with van der Waals surface area (Å²) >= 11 is 0. The van der Waals surface area contributed by atoms with Crippen molar-refractivity contribution in [1.29, 1.82) is 0 Å². The summed E-state index contributed by atoms with van der Waals surface area (Å²) in [5.41, 5.74) is -0.202. The highest BCUT2D eigenvalue weighted by Crippen LogP contribution is 2.35. The molecule has 92 valence electrons. The Kier molecular flexibility index (Phi) is 3.82. The first kappa shape index (κ1) is 11.9. The first-order chi connectivity index (χ1) is 7.78. The molecule has 0 aromatic heterocycles. The minimum absolute atomic E-state index is 0.202. The molecule has 0 aliphatic carbocycles. The Balaban J connectivity index is 2.04. The van der Waals surface area contributed by atoms with Crippen molar-refractivity contribution in [2.24, 2.45) is 5.41 Å². The van der Waals surface area contributed by atoms with Crippen LogP contribution in [0.5, 0.6) is 0 Å². The Bertz CT molecular complexity index is 243. The largest absolute Gasteiger partial charge is 0.380 e. The van der Waals surface area contributed by atoms with Crippen LogP contribution in [-0.4, -0.2) is 50.2 Å². The first-order valence-corrected chi connectivity index (χ1v) is 6.36. The molecule has 2 aliphatic heterocycles. The number of nitrogens with one attached hydrogen (secondary N) is 1. The molecule has 1 N–H and O–H groups in total. The lowest BCUT2D eigenvalue weighted by Gasteiger charge is -2.35. The van der Waals surface area contributed by atoms with E-state index in [-0.39, 0.29) is 5.41 Å². The number of carbonyl (C=O) groups is 1. The van der Waals surface area contributed by atoms with Gasteiger partial charge in [0.1, 0.15) is 0 Å². The van der Waals surface area contributed by atoms with Crippen molar-refractivity contribution < 1.29 is 9.53 Å². The van der Waals surface area contributed by atoms with Gasteiger partial charge in [-0.3, -0.25) is 4.79 Å². The van der Waals surface area contributed by atoms with Crippen molar-refractivity contribution >= 4 is 5.91 Å². The Morgan fingerprint density at radius 2 is 2.19 bits per heavy atom. The van der Waals surface area contributed by atoms with Gasteiger partial charge < -0.3 is 15.0 Å². The maximum Gasteiger partial charge on any atom is 0.231 e. The molecule has 16 heavy (non-hydrogen) atoms. The van der Waals surface area contributed by atoms with E-state index in [1.807, 2.05) is 4.90 Å². The maximum absolute atomic E-state index is 12.5. The second-order valence-electron chi connectivity index (χ2n) is 4.88. The summed E-state index contributed by atoms with van der Waals surface area (Å²) < 4.78 is 5.46. The summed E-state index contributed by atoms with van der Waals surface area (Å²) in [5, 5.41) is 3.28. The molecular weight excluding hydrogens is 204 g/mol. The third-order valence-electron chi connectivity index (χ3n) is 3.69. The standard InChI is InChI=1S/C12H22N2O2/c1-2-3-12(4-9-16-10-12)11(15)14-7-5-13-6-8-14/h13H,2-10H2,1H3. The topological polar surface area (TPSA) is 41.6 Å². The highest BCUT2D eigenvalue weighted by atomic mass is 16.5. The molecule has 4 nitrogen and oxygen atoms in total. The third-order valence-corrected chi connectivity index (χ3v) is 3.69. The van der Waals surface area contributed by atoms with Crippen LogP contribution in [-0.2, 0) is 9.53 Å². The molecule has 2 saturated heterocycles. The lowest BCUT2D eigenvalue weighted by molar-refractivity contribution is -0.143. The monoisotopic (exact) mass is 226 g/mol. The van der Waals surface area contributed by atoms with E-state index < -0.39 is 0 Å². The summed E-state index contributed by atoms with van der Waals surface area (Å²) in [4.78, 5) is 14.5. The fourth-order valence-electron chi connectivity index (χ4n) is 2.76. The molecule has 0 radical (unpaired) electrons. The molecule has 2 fully saturated rings. The van der Waals surface area contributed by atoms with Gasteiger partial charge in [-0.1, -0.05) is 13.3 Å². The number of hydrogen-bond acceptors (Lipinski definition) is 3. The number of carbonyl (C=O) groups excluding carboxylic acids is 1. The van der Waals surface area contributed by atoms with Crippen LogP contribution in [0.3, 0.4) is 0 Å². The van der Waals surface area contributed by atoms with E-state index in [2.05, 4.69) is 12.2 Å². The third kappa shape index (κ3) is 2.23. The van der Waals surface area contributed by atoms with Crippen molar-refractivity contribution in [1.82, 2.24) is 10.2 Å². The van der Waals surface area contributed by atoms with Gasteiger partial charge in [0.05, 0.1) is 12.0 Å². The lowest BCUT2D eigenvalue weighted by atomic mass is 9.81. The van der Waals surface area contributed by atoms with Crippen LogP contribution in [0, 0.1) is 5.41 Å². The minimum atomic E-state index is -0.202. The highest BCUT2D eigenvalue weighted by molar-refractivity contribution is 5.83. The van der Waals surface area contributed by atoms with Gasteiger partial charge in [-0.15, -0.1) is 0 Å². The van der Waals surface area contributed by atoms with Gasteiger partial charge in [0.15, 0.2) is 0 Å². The van der Waals surface area contributed by atoms with Crippen molar-refractivity contribution in [2.75, 3.05) is 39.4 Å². The van der Waals surface area contributed by atoms with Crippen LogP contribution in [0.15, 0.2) is 0 Å². The van der Waals surface area contributed by atoms with E-state index in [0.717, 1.165) is 52.0 Å². The fourth-order valence-corrected chi connectivity index (χ4v) is 2.76. The van der Waals surface area contributed by atoms with Gasteiger partial charge >= 0.3 is 0 Å². The van der Waals surface area contributed by atoms with Crippen LogP contribution in [0.2, 0.25) is 0 Å². The number of piperazine rings is 1. The molecular formula is C12H22N2O2. The van der Waals surface area contributed by atoms with Crippen molar-refractivity contribution in [3.63, 3.8) is 0 Å². The molecule has 1 unspecified atom stereocenters. The second kappa shape index (κ2) is 5.15. The van der Waals surface area contributed by atoms with Gasteiger partial charge in [-0.25, -0.2) is 0 Å². The van der Waals surface area contributed by atoms with E-state index >= 15 is 0 Å². The first-order valence-electron chi connectivity index (χ1n) is 6.36. The second-order valence-corrected chi connectivity index (χ2v) is 4.88. The van der Waals surface area contributed by atoms with E-state index in [9.17, 15) is 4.79 Å². The van der Waals surface area contributed by atoms with Gasteiger partial charge in [-0.05, 0) is 12.8 Å². The zero-order chi connectivity index (χ0) is 11.4. The van der Waals surface area contributed by atoms with Crippen LogP contribution in [0.1, 0.15) is 26.2 Å².